The molecule has 0 aliphatic carbocycles. The molecule has 0 spiro atoms. The fourth-order valence-electron chi connectivity index (χ4n) is 8.87. The summed E-state index contributed by atoms with van der Waals surface area (Å²) in [6, 6.07) is 44.9. The lowest BCUT2D eigenvalue weighted by molar-refractivity contribution is -0.145. The van der Waals surface area contributed by atoms with Crippen molar-refractivity contribution in [3.05, 3.63) is 209 Å². The Morgan fingerprint density at radius 1 is 0.567 bits per heavy atom. The second kappa shape index (κ2) is 21.1. The van der Waals surface area contributed by atoms with Gasteiger partial charge in [-0.25, -0.2) is 4.79 Å². The summed E-state index contributed by atoms with van der Waals surface area (Å²) in [6.45, 7) is 2.52. The maximum Gasteiger partial charge on any atom is 0.328 e. The number of ether oxygens (including phenoxy) is 2. The van der Waals surface area contributed by atoms with Crippen molar-refractivity contribution in [3.8, 4) is 5.75 Å². The van der Waals surface area contributed by atoms with Crippen LogP contribution in [-0.4, -0.2) is 66.5 Å². The van der Waals surface area contributed by atoms with Crippen LogP contribution in [0.25, 0.3) is 32.3 Å². The monoisotopic (exact) mass is 889 g/mol. The third-order valence-corrected chi connectivity index (χ3v) is 11.9. The molecule has 0 aliphatic rings. The molecule has 336 valence electrons. The van der Waals surface area contributed by atoms with Crippen LogP contribution in [0.3, 0.4) is 0 Å². The van der Waals surface area contributed by atoms with Crippen LogP contribution in [0.15, 0.2) is 164 Å². The molecular weight excluding hydrogens is 839 g/mol. The summed E-state index contributed by atoms with van der Waals surface area (Å²) < 4.78 is 11.3. The zero-order valence-electron chi connectivity index (χ0n) is 37.3. The number of nitrogens with one attached hydrogen (secondary N) is 1. The molecule has 67 heavy (non-hydrogen) atoms. The van der Waals surface area contributed by atoms with E-state index in [1.54, 1.807) is 24.8 Å². The number of nitrogens with zero attached hydrogens (tertiary/aromatic N) is 6. The van der Waals surface area contributed by atoms with Gasteiger partial charge in [-0.1, -0.05) is 91.0 Å². The maximum absolute atomic E-state index is 13.6. The number of pyridine rings is 4. The van der Waals surface area contributed by atoms with Crippen LogP contribution in [-0.2, 0) is 71.4 Å². The average molecular weight is 890 g/mol. The normalized spacial score (nSPS) is 12.0. The molecule has 4 heterocycles. The van der Waals surface area contributed by atoms with Gasteiger partial charge in [0.15, 0.2) is 0 Å². The predicted octanol–water partition coefficient (Wildman–Crippen LogP) is 8.69. The van der Waals surface area contributed by atoms with Crippen molar-refractivity contribution >= 4 is 44.2 Å². The van der Waals surface area contributed by atoms with Crippen molar-refractivity contribution in [2.45, 2.75) is 58.3 Å². The average Bonchev–Trinajstić information content (AvgIpc) is 3.35. The first-order valence-corrected chi connectivity index (χ1v) is 22.3. The van der Waals surface area contributed by atoms with Gasteiger partial charge in [0.2, 0.25) is 5.91 Å². The van der Waals surface area contributed by atoms with Crippen molar-refractivity contribution in [2.75, 3.05) is 13.7 Å². The van der Waals surface area contributed by atoms with Gasteiger partial charge in [-0.15, -0.1) is 0 Å². The highest BCUT2D eigenvalue weighted by molar-refractivity contribution is 6.23. The quantitative estimate of drug-likeness (QED) is 0.0561. The lowest BCUT2D eigenvalue weighted by atomic mass is 9.92. The summed E-state index contributed by atoms with van der Waals surface area (Å²) in [4.78, 5) is 49.9. The minimum absolute atomic E-state index is 0.0919. The minimum Gasteiger partial charge on any atom is -0.507 e. The summed E-state index contributed by atoms with van der Waals surface area (Å²) in [5.74, 6) is -0.932. The van der Waals surface area contributed by atoms with Gasteiger partial charge in [0.1, 0.15) is 18.4 Å². The molecular formula is C55H51N7O5. The second-order valence-electron chi connectivity index (χ2n) is 16.8. The van der Waals surface area contributed by atoms with Gasteiger partial charge in [0, 0.05) is 81.6 Å². The topological polar surface area (TPSA) is 143 Å². The number of benzene rings is 5. The highest BCUT2D eigenvalue weighted by Crippen LogP contribution is 2.36. The SMILES string of the molecule is COC(=O)[C@H](Cc1cc(CN(Cc2ccccn2)Cc2ccccn2)c(O)c(CN(Cc2ccccn2)Cc2ccccn2)c1)NC(=O)COCc1ccc2ccc3cccc4ccc1c2c34. The molecule has 0 saturated heterocycles. The van der Waals surface area contributed by atoms with Crippen molar-refractivity contribution in [1.82, 2.24) is 35.1 Å². The van der Waals surface area contributed by atoms with Gasteiger partial charge >= 0.3 is 5.97 Å². The van der Waals surface area contributed by atoms with E-state index in [9.17, 15) is 14.7 Å². The largest absolute Gasteiger partial charge is 0.507 e. The number of amides is 1. The number of phenols is 1. The Labute approximate surface area is 389 Å². The number of hydrogen-bond donors (Lipinski definition) is 2. The molecule has 9 rings (SSSR count). The Kier molecular flexibility index (Phi) is 14.0. The van der Waals surface area contributed by atoms with Crippen LogP contribution in [0, 0.1) is 0 Å². The van der Waals surface area contributed by atoms with Gasteiger partial charge < -0.3 is 19.9 Å². The minimum atomic E-state index is -1.04. The number of esters is 1. The first-order valence-electron chi connectivity index (χ1n) is 22.3. The van der Waals surface area contributed by atoms with E-state index in [0.717, 1.165) is 44.7 Å². The molecule has 1 amide bonds. The number of carbonyl (C=O) groups is 2. The summed E-state index contributed by atoms with van der Waals surface area (Å²) in [7, 11) is 1.31. The molecule has 5 aromatic carbocycles. The third-order valence-electron chi connectivity index (χ3n) is 11.9. The zero-order chi connectivity index (χ0) is 46.0. The summed E-state index contributed by atoms with van der Waals surface area (Å²) in [5, 5.41) is 22.1. The molecule has 0 aliphatic heterocycles. The van der Waals surface area contributed by atoms with Gasteiger partial charge in [0.05, 0.1) is 36.5 Å². The Bertz CT molecular complexity index is 2860. The van der Waals surface area contributed by atoms with Crippen molar-refractivity contribution in [2.24, 2.45) is 0 Å². The molecule has 12 heteroatoms. The van der Waals surface area contributed by atoms with E-state index in [2.05, 4.69) is 83.6 Å². The molecule has 0 fully saturated rings. The smallest absolute Gasteiger partial charge is 0.328 e. The van der Waals surface area contributed by atoms with E-state index < -0.39 is 17.9 Å². The van der Waals surface area contributed by atoms with Crippen molar-refractivity contribution in [1.29, 1.82) is 0 Å². The molecule has 12 nitrogen and oxygen atoms in total. The Balaban J connectivity index is 0.985. The fourth-order valence-corrected chi connectivity index (χ4v) is 8.87. The summed E-state index contributed by atoms with van der Waals surface area (Å²) in [6.07, 6.45) is 7.15. The molecule has 0 bridgehead atoms. The van der Waals surface area contributed by atoms with Crippen LogP contribution in [0.4, 0.5) is 0 Å². The first-order chi connectivity index (χ1) is 32.9. The standard InChI is InChI=1S/C55H51N7O5/c1-66-55(65)50(60-51(63)37-67-36-42-20-19-41-18-17-39-11-10-12-40-21-22-49(42)53(41)52(39)40)29-38-27-43(30-61(32-45-13-2-6-23-56-45)33-46-14-3-7-24-57-46)54(64)44(28-38)31-62(34-47-15-4-8-25-58-47)35-48-16-5-9-26-59-48/h2-28,50,64H,29-37H2,1H3,(H,60,63)/t50-/m0/s1. The number of rotatable bonds is 20. The lowest BCUT2D eigenvalue weighted by Gasteiger charge is -2.26. The zero-order valence-corrected chi connectivity index (χ0v) is 37.3. The Hall–Kier alpha value is -7.64. The highest BCUT2D eigenvalue weighted by atomic mass is 16.5. The van der Waals surface area contributed by atoms with Gasteiger partial charge in [0.25, 0.3) is 0 Å². The number of phenolic OH excluding ortho intramolecular Hbond substituents is 1. The second-order valence-corrected chi connectivity index (χ2v) is 16.8. The van der Waals surface area contributed by atoms with Crippen molar-refractivity contribution < 1.29 is 24.2 Å². The van der Waals surface area contributed by atoms with Crippen molar-refractivity contribution in [3.63, 3.8) is 0 Å². The molecule has 0 saturated carbocycles. The van der Waals surface area contributed by atoms with E-state index in [4.69, 9.17) is 9.47 Å². The number of hydrogen-bond acceptors (Lipinski definition) is 11. The van der Waals surface area contributed by atoms with E-state index in [1.807, 2.05) is 91.0 Å². The molecule has 0 radical (unpaired) electrons. The van der Waals surface area contributed by atoms with Crippen LogP contribution in [0.1, 0.15) is 45.0 Å². The number of aromatic nitrogens is 4. The lowest BCUT2D eigenvalue weighted by Crippen LogP contribution is -2.44. The molecule has 0 unspecified atom stereocenters. The summed E-state index contributed by atoms with van der Waals surface area (Å²) in [5.41, 5.74) is 6.42. The molecule has 1 atom stereocenters. The van der Waals surface area contributed by atoms with Crippen LogP contribution >= 0.6 is 0 Å². The number of carbonyl (C=O) groups excluding carboxylic acids is 2. The van der Waals surface area contributed by atoms with Crippen LogP contribution in [0.2, 0.25) is 0 Å². The van der Waals surface area contributed by atoms with Crippen LogP contribution in [0.5, 0.6) is 5.75 Å². The van der Waals surface area contributed by atoms with Gasteiger partial charge in [-0.05, 0) is 92.0 Å². The Morgan fingerprint density at radius 3 is 1.52 bits per heavy atom. The third kappa shape index (κ3) is 11.1. The maximum atomic E-state index is 13.6. The highest BCUT2D eigenvalue weighted by Gasteiger charge is 2.25. The van der Waals surface area contributed by atoms with E-state index in [1.165, 1.54) is 28.7 Å². The van der Waals surface area contributed by atoms with Gasteiger partial charge in [-0.2, -0.15) is 0 Å². The van der Waals surface area contributed by atoms with E-state index >= 15 is 0 Å². The number of aromatic hydroxyl groups is 1. The van der Waals surface area contributed by atoms with E-state index in [0.29, 0.717) is 50.4 Å². The van der Waals surface area contributed by atoms with E-state index in [-0.39, 0.29) is 25.4 Å². The number of methoxy groups -OCH3 is 1. The first kappa shape index (κ1) is 44.6. The molecule has 2 N–H and O–H groups in total. The molecule has 4 aromatic heterocycles. The fraction of sp³-hybridized carbons (Fsp3) is 0.200. The summed E-state index contributed by atoms with van der Waals surface area (Å²) >= 11 is 0. The Morgan fingerprint density at radius 2 is 1.04 bits per heavy atom. The predicted molar refractivity (Wildman–Crippen MR) is 258 cm³/mol. The molecule has 9 aromatic rings. The van der Waals surface area contributed by atoms with Crippen LogP contribution < -0.4 is 5.32 Å². The van der Waals surface area contributed by atoms with Gasteiger partial charge in [-0.3, -0.25) is 34.5 Å².